The van der Waals surface area contributed by atoms with E-state index in [0.29, 0.717) is 24.3 Å². The fraction of sp³-hybridized carbons (Fsp3) is 0.259. The molecule has 0 unspecified atom stereocenters. The Labute approximate surface area is 189 Å². The molecule has 0 N–H and O–H groups in total. The quantitative estimate of drug-likeness (QED) is 0.590. The normalized spacial score (nSPS) is 14.6. The van der Waals surface area contributed by atoms with Crippen LogP contribution in [0.3, 0.4) is 0 Å². The van der Waals surface area contributed by atoms with E-state index in [9.17, 15) is 10.1 Å². The number of nitriles is 1. The van der Waals surface area contributed by atoms with Crippen molar-refractivity contribution in [2.24, 2.45) is 0 Å². The molecule has 2 heterocycles. The molecule has 0 bridgehead atoms. The molecule has 1 aromatic heterocycles. The van der Waals surface area contributed by atoms with Gasteiger partial charge in [0.1, 0.15) is 11.8 Å². The number of rotatable bonds is 6. The molecule has 1 amide bonds. The molecular weight excluding hydrogens is 396 g/mol. The third-order valence-corrected chi connectivity index (χ3v) is 5.97. The first-order valence-corrected chi connectivity index (χ1v) is 11.1. The third kappa shape index (κ3) is 4.82. The first-order chi connectivity index (χ1) is 15.7. The number of carbonyl (C=O) groups excluding carboxylic acids is 1. The van der Waals surface area contributed by atoms with Crippen LogP contribution in [0.15, 0.2) is 72.9 Å². The predicted molar refractivity (Wildman–Crippen MR) is 128 cm³/mol. The van der Waals surface area contributed by atoms with Gasteiger partial charge in [0.25, 0.3) is 5.91 Å². The average molecular weight is 425 g/mol. The molecule has 162 valence electrons. The highest BCUT2D eigenvalue weighted by Crippen LogP contribution is 2.20. The Bertz CT molecular complexity index is 1110. The minimum absolute atomic E-state index is 0.0782. The van der Waals surface area contributed by atoms with Crippen LogP contribution in [-0.2, 0) is 6.42 Å². The SMILES string of the molecule is CCc1ccc(-n2ccc(C#N)c2C(=O)N2CCN(C/C=C/c3ccccc3)CC2)cc1. The number of carbonyl (C=O) groups is 1. The number of aromatic nitrogens is 1. The van der Waals surface area contributed by atoms with Gasteiger partial charge in [0.05, 0.1) is 5.56 Å². The Kier molecular flexibility index (Phi) is 6.84. The molecule has 0 spiro atoms. The zero-order valence-electron chi connectivity index (χ0n) is 18.4. The first-order valence-electron chi connectivity index (χ1n) is 11.1. The summed E-state index contributed by atoms with van der Waals surface area (Å²) in [5.41, 5.74) is 4.21. The summed E-state index contributed by atoms with van der Waals surface area (Å²) in [5, 5.41) is 9.59. The molecule has 3 aromatic rings. The molecule has 5 heteroatoms. The minimum atomic E-state index is -0.0782. The van der Waals surface area contributed by atoms with E-state index in [0.717, 1.165) is 31.7 Å². The van der Waals surface area contributed by atoms with Crippen molar-refractivity contribution in [3.63, 3.8) is 0 Å². The zero-order valence-corrected chi connectivity index (χ0v) is 18.4. The average Bonchev–Trinajstić information content (AvgIpc) is 3.29. The van der Waals surface area contributed by atoms with Gasteiger partial charge in [-0.1, -0.05) is 61.5 Å². The van der Waals surface area contributed by atoms with E-state index in [1.54, 1.807) is 6.07 Å². The fourth-order valence-electron chi connectivity index (χ4n) is 4.03. The van der Waals surface area contributed by atoms with Gasteiger partial charge in [0.15, 0.2) is 0 Å². The Morgan fingerprint density at radius 1 is 1.00 bits per heavy atom. The summed E-state index contributed by atoms with van der Waals surface area (Å²) in [4.78, 5) is 17.6. The molecule has 1 aliphatic rings. The second-order valence-corrected chi connectivity index (χ2v) is 7.99. The van der Waals surface area contributed by atoms with E-state index in [1.807, 2.05) is 46.0 Å². The summed E-state index contributed by atoms with van der Waals surface area (Å²) < 4.78 is 1.84. The van der Waals surface area contributed by atoms with Gasteiger partial charge in [0.2, 0.25) is 0 Å². The van der Waals surface area contributed by atoms with Crippen molar-refractivity contribution in [3.05, 3.63) is 95.3 Å². The molecule has 32 heavy (non-hydrogen) atoms. The van der Waals surface area contributed by atoms with E-state index in [1.165, 1.54) is 11.1 Å². The molecule has 1 aliphatic heterocycles. The smallest absolute Gasteiger partial charge is 0.272 e. The lowest BCUT2D eigenvalue weighted by molar-refractivity contribution is 0.0642. The summed E-state index contributed by atoms with van der Waals surface area (Å²) in [6.45, 7) is 5.92. The van der Waals surface area contributed by atoms with E-state index in [2.05, 4.69) is 54.3 Å². The van der Waals surface area contributed by atoms with Crippen molar-refractivity contribution in [1.82, 2.24) is 14.4 Å². The summed E-state index contributed by atoms with van der Waals surface area (Å²) in [6, 6.07) is 22.3. The van der Waals surface area contributed by atoms with Gasteiger partial charge in [-0.3, -0.25) is 9.69 Å². The molecule has 1 saturated heterocycles. The monoisotopic (exact) mass is 424 g/mol. The third-order valence-electron chi connectivity index (χ3n) is 5.97. The topological polar surface area (TPSA) is 52.3 Å². The van der Waals surface area contributed by atoms with E-state index >= 15 is 0 Å². The largest absolute Gasteiger partial charge is 0.335 e. The predicted octanol–water partition coefficient (Wildman–Crippen LogP) is 4.38. The highest BCUT2D eigenvalue weighted by Gasteiger charge is 2.26. The summed E-state index contributed by atoms with van der Waals surface area (Å²) in [5.74, 6) is -0.0782. The molecule has 2 aromatic carbocycles. The Hall–Kier alpha value is -3.62. The number of hydrogen-bond acceptors (Lipinski definition) is 3. The Morgan fingerprint density at radius 3 is 2.38 bits per heavy atom. The fourth-order valence-corrected chi connectivity index (χ4v) is 4.03. The maximum Gasteiger partial charge on any atom is 0.272 e. The van der Waals surface area contributed by atoms with Gasteiger partial charge in [-0.25, -0.2) is 0 Å². The van der Waals surface area contributed by atoms with Gasteiger partial charge >= 0.3 is 0 Å². The summed E-state index contributed by atoms with van der Waals surface area (Å²) >= 11 is 0. The second-order valence-electron chi connectivity index (χ2n) is 7.99. The van der Waals surface area contributed by atoms with Crippen molar-refractivity contribution >= 4 is 12.0 Å². The standard InChI is InChI=1S/C27H28N4O/c1-2-22-10-12-25(13-11-22)31-16-14-24(21-28)26(31)27(32)30-19-17-29(18-20-30)15-6-9-23-7-4-3-5-8-23/h3-14,16H,2,15,17-20H2,1H3/b9-6+. The molecular formula is C27H28N4O. The van der Waals surface area contributed by atoms with Crippen LogP contribution >= 0.6 is 0 Å². The highest BCUT2D eigenvalue weighted by molar-refractivity contribution is 5.96. The Morgan fingerprint density at radius 2 is 1.72 bits per heavy atom. The van der Waals surface area contributed by atoms with Crippen LogP contribution in [-0.4, -0.2) is 53.0 Å². The van der Waals surface area contributed by atoms with E-state index in [-0.39, 0.29) is 5.91 Å². The number of piperazine rings is 1. The maximum atomic E-state index is 13.4. The zero-order chi connectivity index (χ0) is 22.3. The lowest BCUT2D eigenvalue weighted by Gasteiger charge is -2.34. The first kappa shape index (κ1) is 21.6. The second kappa shape index (κ2) is 10.1. The lowest BCUT2D eigenvalue weighted by Crippen LogP contribution is -2.49. The van der Waals surface area contributed by atoms with Crippen LogP contribution in [0.2, 0.25) is 0 Å². The molecule has 0 radical (unpaired) electrons. The molecule has 4 rings (SSSR count). The molecule has 0 aliphatic carbocycles. The van der Waals surface area contributed by atoms with Crippen LogP contribution in [0.4, 0.5) is 0 Å². The van der Waals surface area contributed by atoms with Crippen molar-refractivity contribution in [2.75, 3.05) is 32.7 Å². The number of aryl methyl sites for hydroxylation is 1. The van der Waals surface area contributed by atoms with Crippen LogP contribution in [0, 0.1) is 11.3 Å². The number of amides is 1. The van der Waals surface area contributed by atoms with Crippen molar-refractivity contribution in [3.8, 4) is 11.8 Å². The summed E-state index contributed by atoms with van der Waals surface area (Å²) in [7, 11) is 0. The van der Waals surface area contributed by atoms with Crippen LogP contribution in [0.1, 0.15) is 34.1 Å². The maximum absolute atomic E-state index is 13.4. The van der Waals surface area contributed by atoms with Gasteiger partial charge in [-0.15, -0.1) is 0 Å². The van der Waals surface area contributed by atoms with E-state index < -0.39 is 0 Å². The molecule has 5 nitrogen and oxygen atoms in total. The number of nitrogens with zero attached hydrogens (tertiary/aromatic N) is 4. The van der Waals surface area contributed by atoms with Crippen LogP contribution in [0.5, 0.6) is 0 Å². The number of hydrogen-bond donors (Lipinski definition) is 0. The van der Waals surface area contributed by atoms with Crippen molar-refractivity contribution < 1.29 is 4.79 Å². The van der Waals surface area contributed by atoms with Crippen molar-refractivity contribution in [2.45, 2.75) is 13.3 Å². The van der Waals surface area contributed by atoms with Gasteiger partial charge < -0.3 is 9.47 Å². The van der Waals surface area contributed by atoms with Gasteiger partial charge in [-0.05, 0) is 35.7 Å². The minimum Gasteiger partial charge on any atom is -0.335 e. The lowest BCUT2D eigenvalue weighted by atomic mass is 10.1. The summed E-state index contributed by atoms with van der Waals surface area (Å²) in [6.07, 6.45) is 7.09. The van der Waals surface area contributed by atoms with Crippen LogP contribution in [0.25, 0.3) is 11.8 Å². The molecule has 0 saturated carbocycles. The van der Waals surface area contributed by atoms with Gasteiger partial charge in [-0.2, -0.15) is 5.26 Å². The van der Waals surface area contributed by atoms with Gasteiger partial charge in [0, 0.05) is 44.6 Å². The van der Waals surface area contributed by atoms with E-state index in [4.69, 9.17) is 0 Å². The van der Waals surface area contributed by atoms with Crippen LogP contribution < -0.4 is 0 Å². The highest BCUT2D eigenvalue weighted by atomic mass is 16.2. The van der Waals surface area contributed by atoms with Crippen molar-refractivity contribution in [1.29, 1.82) is 5.26 Å². The molecule has 1 fully saturated rings. The Balaban J connectivity index is 1.42. The molecule has 0 atom stereocenters. The number of benzene rings is 2.